The summed E-state index contributed by atoms with van der Waals surface area (Å²) in [5.74, 6) is -0.667. The number of Topliss-reactive ketones (excluding diaryl/α,β-unsaturated/α-hetero) is 1. The molecule has 0 saturated heterocycles. The summed E-state index contributed by atoms with van der Waals surface area (Å²) in [7, 11) is -1.16. The Balaban J connectivity index is 1.23. The van der Waals surface area contributed by atoms with Crippen molar-refractivity contribution in [2.45, 2.75) is 63.2 Å². The first kappa shape index (κ1) is 21.8. The molecule has 31 heavy (non-hydrogen) atoms. The van der Waals surface area contributed by atoms with Crippen LogP contribution in [0.2, 0.25) is 5.82 Å². The van der Waals surface area contributed by atoms with Gasteiger partial charge in [-0.2, -0.15) is 0 Å². The van der Waals surface area contributed by atoms with Crippen molar-refractivity contribution in [2.75, 3.05) is 6.54 Å². The maximum atomic E-state index is 12.7. The number of carbonyl (C=O) groups excluding carboxylic acids is 1. The van der Waals surface area contributed by atoms with E-state index in [-0.39, 0.29) is 29.3 Å². The van der Waals surface area contributed by atoms with Crippen LogP contribution in [0.3, 0.4) is 0 Å². The van der Waals surface area contributed by atoms with E-state index < -0.39 is 13.1 Å². The van der Waals surface area contributed by atoms with Crippen molar-refractivity contribution >= 4 is 25.1 Å². The summed E-state index contributed by atoms with van der Waals surface area (Å²) in [6.07, 6.45) is 10.3. The third-order valence-electron chi connectivity index (χ3n) is 6.64. The maximum absolute atomic E-state index is 12.7. The van der Waals surface area contributed by atoms with Crippen LogP contribution in [0.1, 0.15) is 60.9 Å². The van der Waals surface area contributed by atoms with Crippen LogP contribution in [0.5, 0.6) is 5.75 Å². The lowest BCUT2D eigenvalue weighted by Crippen LogP contribution is -2.36. The van der Waals surface area contributed by atoms with Crippen molar-refractivity contribution in [1.29, 1.82) is 0 Å². The van der Waals surface area contributed by atoms with Crippen LogP contribution in [0, 0.1) is 5.92 Å². The molecule has 1 saturated carbocycles. The molecule has 0 amide bonds. The number of hydrogen-bond acceptors (Lipinski definition) is 6. The number of nitrogens with zero attached hydrogens (tertiary/aromatic N) is 1. The minimum absolute atomic E-state index is 0.0449. The summed E-state index contributed by atoms with van der Waals surface area (Å²) in [5, 5.41) is 23.3. The zero-order chi connectivity index (χ0) is 21.8. The van der Waals surface area contributed by atoms with Gasteiger partial charge in [-0.1, -0.05) is 12.1 Å². The Morgan fingerprint density at radius 3 is 2.71 bits per heavy atom. The zero-order valence-electron chi connectivity index (χ0n) is 17.6. The number of aliphatic imine (C=N–C) groups is 1. The summed E-state index contributed by atoms with van der Waals surface area (Å²) < 4.78 is 5.51. The number of nitrogens with one attached hydrogen (secondary N) is 1. The first-order valence-corrected chi connectivity index (χ1v) is 11.1. The molecule has 3 aliphatic rings. The molecular weight excluding hydrogens is 395 g/mol. The quantitative estimate of drug-likeness (QED) is 0.554. The van der Waals surface area contributed by atoms with Gasteiger partial charge in [-0.3, -0.25) is 9.79 Å². The van der Waals surface area contributed by atoms with E-state index in [0.29, 0.717) is 24.8 Å². The average molecular weight is 424 g/mol. The van der Waals surface area contributed by atoms with Gasteiger partial charge in [0.25, 0.3) is 0 Å². The van der Waals surface area contributed by atoms with E-state index in [1.54, 1.807) is 12.1 Å². The minimum Gasteiger partial charge on any atom is -0.535 e. The average Bonchev–Trinajstić information content (AvgIpc) is 3.27. The van der Waals surface area contributed by atoms with E-state index in [1.165, 1.54) is 11.6 Å². The molecule has 8 heteroatoms. The van der Waals surface area contributed by atoms with Gasteiger partial charge in [0.2, 0.25) is 0 Å². The number of aromatic carboxylic acids is 1. The Bertz CT molecular complexity index is 892. The lowest BCUT2D eigenvalue weighted by atomic mass is 9.64. The van der Waals surface area contributed by atoms with Crippen LogP contribution in [-0.2, 0) is 11.2 Å². The molecule has 4 rings (SSSR count). The van der Waals surface area contributed by atoms with E-state index in [1.807, 2.05) is 12.4 Å². The first-order chi connectivity index (χ1) is 15.0. The fourth-order valence-electron chi connectivity index (χ4n) is 4.87. The van der Waals surface area contributed by atoms with Gasteiger partial charge >= 0.3 is 13.1 Å². The maximum Gasteiger partial charge on any atom is 0.526 e. The number of ketones is 1. The van der Waals surface area contributed by atoms with Gasteiger partial charge in [0, 0.05) is 50.1 Å². The molecule has 1 fully saturated rings. The predicted molar refractivity (Wildman–Crippen MR) is 119 cm³/mol. The molecule has 1 aliphatic carbocycles. The molecular formula is C23H29BN2O5. The van der Waals surface area contributed by atoms with Gasteiger partial charge in [0.15, 0.2) is 0 Å². The Labute approximate surface area is 182 Å². The van der Waals surface area contributed by atoms with Gasteiger partial charge in [-0.05, 0) is 55.2 Å². The van der Waals surface area contributed by atoms with Crippen molar-refractivity contribution in [1.82, 2.24) is 5.32 Å². The monoisotopic (exact) mass is 424 g/mol. The molecule has 1 aromatic carbocycles. The van der Waals surface area contributed by atoms with E-state index in [9.17, 15) is 19.7 Å². The van der Waals surface area contributed by atoms with E-state index in [4.69, 9.17) is 4.65 Å². The first-order valence-electron chi connectivity index (χ1n) is 11.1. The molecule has 0 radical (unpaired) electrons. The molecule has 3 N–H and O–H groups in total. The Kier molecular flexibility index (Phi) is 6.88. The lowest BCUT2D eigenvalue weighted by Gasteiger charge is -2.30. The van der Waals surface area contributed by atoms with Gasteiger partial charge in [-0.15, -0.1) is 0 Å². The van der Waals surface area contributed by atoms with E-state index in [0.717, 1.165) is 44.2 Å². The molecule has 7 nitrogen and oxygen atoms in total. The smallest absolute Gasteiger partial charge is 0.526 e. The van der Waals surface area contributed by atoms with Crippen molar-refractivity contribution < 1.29 is 24.4 Å². The highest BCUT2D eigenvalue weighted by atomic mass is 16.5. The number of carbonyl (C=O) groups is 2. The number of carboxylic acids is 1. The second-order valence-corrected chi connectivity index (χ2v) is 8.94. The van der Waals surface area contributed by atoms with Crippen molar-refractivity contribution in [3.05, 3.63) is 41.1 Å². The summed E-state index contributed by atoms with van der Waals surface area (Å²) in [6.45, 7) is 0.888. The van der Waals surface area contributed by atoms with Crippen LogP contribution in [0.4, 0.5) is 0 Å². The standard InChI is InChI=1S/C23H29BN2O5/c27-20(10-15-4-6-19(7-5-15)26-14-16-8-9-25-13-16)12-18-11-17-2-1-3-21(23(28)29)22(17)31-24(18)30/h1-3,9,13,15,18-19,26,30H,4-8,10-12,14H2,(H,28,29)/t15?,18-,19?/m1/s1. The van der Waals surface area contributed by atoms with Crippen LogP contribution < -0.4 is 9.97 Å². The minimum atomic E-state index is -1.16. The fraction of sp³-hybridized carbons (Fsp3) is 0.522. The highest BCUT2D eigenvalue weighted by Gasteiger charge is 2.38. The highest BCUT2D eigenvalue weighted by Crippen LogP contribution is 2.37. The van der Waals surface area contributed by atoms with Crippen LogP contribution in [0.15, 0.2) is 35.0 Å². The molecule has 164 valence electrons. The third kappa shape index (κ3) is 5.43. The second kappa shape index (κ2) is 9.79. The SMILES string of the molecule is O=C(CC1CCC(NCC2=CN=CC2)CC1)C[C@H]1Cc2cccc(C(=O)O)c2OB1O. The van der Waals surface area contributed by atoms with Gasteiger partial charge in [-0.25, -0.2) is 4.79 Å². The Hall–Kier alpha value is -2.45. The summed E-state index contributed by atoms with van der Waals surface area (Å²) >= 11 is 0. The van der Waals surface area contributed by atoms with Crippen molar-refractivity contribution in [3.63, 3.8) is 0 Å². The number of fused-ring (bicyclic) bond motifs is 1. The molecule has 0 spiro atoms. The predicted octanol–water partition coefficient (Wildman–Crippen LogP) is 3.03. The largest absolute Gasteiger partial charge is 0.535 e. The van der Waals surface area contributed by atoms with Gasteiger partial charge in [0.05, 0.1) is 5.56 Å². The number of benzene rings is 1. The molecule has 0 aromatic heterocycles. The molecule has 0 bridgehead atoms. The lowest BCUT2D eigenvalue weighted by molar-refractivity contribution is -0.120. The van der Waals surface area contributed by atoms with Crippen molar-refractivity contribution in [2.24, 2.45) is 10.9 Å². The zero-order valence-corrected chi connectivity index (χ0v) is 17.6. The van der Waals surface area contributed by atoms with Crippen LogP contribution in [-0.4, -0.2) is 47.8 Å². The number of carboxylic acid groups (broad SMARTS) is 1. The van der Waals surface area contributed by atoms with Crippen molar-refractivity contribution in [3.8, 4) is 5.75 Å². The molecule has 0 unspecified atom stereocenters. The summed E-state index contributed by atoms with van der Waals surface area (Å²) in [6, 6.07) is 5.43. The molecule has 1 aromatic rings. The van der Waals surface area contributed by atoms with Gasteiger partial charge < -0.3 is 20.1 Å². The normalized spacial score (nSPS) is 25.0. The Morgan fingerprint density at radius 2 is 2.00 bits per heavy atom. The highest BCUT2D eigenvalue weighted by molar-refractivity contribution is 6.47. The van der Waals surface area contributed by atoms with Crippen LogP contribution >= 0.6 is 0 Å². The third-order valence-corrected chi connectivity index (χ3v) is 6.64. The number of para-hydroxylation sites is 1. The van der Waals surface area contributed by atoms with E-state index in [2.05, 4.69) is 10.3 Å². The number of hydrogen-bond donors (Lipinski definition) is 3. The topological polar surface area (TPSA) is 108 Å². The fourth-order valence-corrected chi connectivity index (χ4v) is 4.87. The second-order valence-electron chi connectivity index (χ2n) is 8.94. The summed E-state index contributed by atoms with van der Waals surface area (Å²) in [5.41, 5.74) is 2.10. The van der Waals surface area contributed by atoms with E-state index >= 15 is 0 Å². The molecule has 1 atom stereocenters. The van der Waals surface area contributed by atoms with Crippen LogP contribution in [0.25, 0.3) is 0 Å². The summed E-state index contributed by atoms with van der Waals surface area (Å²) in [4.78, 5) is 28.2. The molecule has 2 heterocycles. The molecule has 2 aliphatic heterocycles. The number of rotatable bonds is 8. The van der Waals surface area contributed by atoms with Gasteiger partial charge in [0.1, 0.15) is 11.5 Å². The Morgan fingerprint density at radius 1 is 1.19 bits per heavy atom.